The smallest absolute Gasteiger partial charge is 0.122 e. The van der Waals surface area contributed by atoms with Crippen LogP contribution in [0.15, 0.2) is 12.4 Å². The second-order valence-corrected chi connectivity index (χ2v) is 4.53. The van der Waals surface area contributed by atoms with Crippen molar-refractivity contribution in [1.82, 2.24) is 14.9 Å². The number of rotatable bonds is 4. The summed E-state index contributed by atoms with van der Waals surface area (Å²) >= 11 is 0. The van der Waals surface area contributed by atoms with Gasteiger partial charge in [0.05, 0.1) is 12.6 Å². The maximum atomic E-state index is 9.58. The molecule has 1 aliphatic rings. The summed E-state index contributed by atoms with van der Waals surface area (Å²) in [6, 6.07) is 0.450. The molecule has 0 saturated heterocycles. The van der Waals surface area contributed by atoms with E-state index in [9.17, 15) is 5.11 Å². The molecular weight excluding hydrogens is 202 g/mol. The standard InChI is InChI=1S/C12H21N3O/c1-2-15-7-6-13-12(15)9-14-10-4-3-5-11(16)8-10/h6-7,10-11,14,16H,2-5,8-9H2,1H3. The van der Waals surface area contributed by atoms with Crippen molar-refractivity contribution in [2.75, 3.05) is 0 Å². The predicted octanol–water partition coefficient (Wildman–Crippen LogP) is 1.30. The summed E-state index contributed by atoms with van der Waals surface area (Å²) in [6.45, 7) is 3.89. The van der Waals surface area contributed by atoms with Crippen molar-refractivity contribution in [3.63, 3.8) is 0 Å². The van der Waals surface area contributed by atoms with Crippen LogP contribution in [0.1, 0.15) is 38.4 Å². The summed E-state index contributed by atoms with van der Waals surface area (Å²) < 4.78 is 2.15. The highest BCUT2D eigenvalue weighted by molar-refractivity contribution is 4.92. The highest BCUT2D eigenvalue weighted by Gasteiger charge is 2.19. The van der Waals surface area contributed by atoms with E-state index in [-0.39, 0.29) is 6.10 Å². The molecule has 4 heteroatoms. The summed E-state index contributed by atoms with van der Waals surface area (Å²) in [7, 11) is 0. The van der Waals surface area contributed by atoms with Crippen LogP contribution in [-0.2, 0) is 13.1 Å². The fourth-order valence-electron chi connectivity index (χ4n) is 2.38. The highest BCUT2D eigenvalue weighted by Crippen LogP contribution is 2.18. The van der Waals surface area contributed by atoms with E-state index in [1.54, 1.807) is 0 Å². The largest absolute Gasteiger partial charge is 0.393 e. The second-order valence-electron chi connectivity index (χ2n) is 4.53. The van der Waals surface area contributed by atoms with E-state index in [1.807, 2.05) is 12.4 Å². The van der Waals surface area contributed by atoms with Gasteiger partial charge in [0.2, 0.25) is 0 Å². The number of aliphatic hydroxyl groups is 1. The lowest BCUT2D eigenvalue weighted by Crippen LogP contribution is -2.36. The fraction of sp³-hybridized carbons (Fsp3) is 0.750. The molecule has 1 heterocycles. The van der Waals surface area contributed by atoms with Crippen LogP contribution in [0, 0.1) is 0 Å². The first-order chi connectivity index (χ1) is 7.79. The molecule has 0 aliphatic heterocycles. The molecule has 0 bridgehead atoms. The van der Waals surface area contributed by atoms with E-state index in [4.69, 9.17) is 0 Å². The number of nitrogens with zero attached hydrogens (tertiary/aromatic N) is 2. The molecule has 0 spiro atoms. The van der Waals surface area contributed by atoms with Gasteiger partial charge in [0.15, 0.2) is 0 Å². The lowest BCUT2D eigenvalue weighted by atomic mass is 9.93. The van der Waals surface area contributed by atoms with Gasteiger partial charge in [-0.3, -0.25) is 0 Å². The summed E-state index contributed by atoms with van der Waals surface area (Å²) in [5.74, 6) is 1.09. The van der Waals surface area contributed by atoms with Crippen molar-refractivity contribution >= 4 is 0 Å². The zero-order chi connectivity index (χ0) is 11.4. The minimum Gasteiger partial charge on any atom is -0.393 e. The molecule has 16 heavy (non-hydrogen) atoms. The first kappa shape index (κ1) is 11.6. The Morgan fingerprint density at radius 2 is 2.44 bits per heavy atom. The predicted molar refractivity (Wildman–Crippen MR) is 63.0 cm³/mol. The van der Waals surface area contributed by atoms with E-state index >= 15 is 0 Å². The molecule has 1 saturated carbocycles. The molecule has 0 aromatic carbocycles. The van der Waals surface area contributed by atoms with E-state index in [0.717, 1.165) is 38.2 Å². The Labute approximate surface area is 96.7 Å². The van der Waals surface area contributed by atoms with Crippen LogP contribution in [-0.4, -0.2) is 26.8 Å². The third-order valence-corrected chi connectivity index (χ3v) is 3.34. The van der Waals surface area contributed by atoms with E-state index in [2.05, 4.69) is 21.8 Å². The summed E-state index contributed by atoms with van der Waals surface area (Å²) in [4.78, 5) is 4.33. The van der Waals surface area contributed by atoms with Gasteiger partial charge in [0, 0.05) is 25.0 Å². The van der Waals surface area contributed by atoms with Gasteiger partial charge < -0.3 is 15.0 Å². The van der Waals surface area contributed by atoms with Gasteiger partial charge in [0.25, 0.3) is 0 Å². The average molecular weight is 223 g/mol. The third kappa shape index (κ3) is 2.83. The summed E-state index contributed by atoms with van der Waals surface area (Å²) in [5.41, 5.74) is 0. The highest BCUT2D eigenvalue weighted by atomic mass is 16.3. The SMILES string of the molecule is CCn1ccnc1CNC1CCCC(O)C1. The normalized spacial score (nSPS) is 25.9. The molecule has 1 aliphatic carbocycles. The number of imidazole rings is 1. The quantitative estimate of drug-likeness (QED) is 0.809. The van der Waals surface area contributed by atoms with Crippen molar-refractivity contribution in [1.29, 1.82) is 0 Å². The minimum absolute atomic E-state index is 0.114. The summed E-state index contributed by atoms with van der Waals surface area (Å²) in [6.07, 6.45) is 7.87. The van der Waals surface area contributed by atoms with Crippen LogP contribution >= 0.6 is 0 Å². The molecule has 1 fully saturated rings. The van der Waals surface area contributed by atoms with Crippen molar-refractivity contribution in [2.45, 2.75) is 57.8 Å². The number of hydrogen-bond donors (Lipinski definition) is 2. The van der Waals surface area contributed by atoms with Crippen LogP contribution in [0.4, 0.5) is 0 Å². The van der Waals surface area contributed by atoms with Crippen molar-refractivity contribution < 1.29 is 5.11 Å². The van der Waals surface area contributed by atoms with Gasteiger partial charge in [0.1, 0.15) is 5.82 Å². The second kappa shape index (κ2) is 5.46. The molecule has 4 nitrogen and oxygen atoms in total. The molecule has 2 unspecified atom stereocenters. The molecule has 1 aromatic heterocycles. The first-order valence-corrected chi connectivity index (χ1v) is 6.21. The van der Waals surface area contributed by atoms with Crippen LogP contribution in [0.3, 0.4) is 0 Å². The third-order valence-electron chi connectivity index (χ3n) is 3.34. The van der Waals surface area contributed by atoms with Gasteiger partial charge in [-0.15, -0.1) is 0 Å². The van der Waals surface area contributed by atoms with Crippen molar-refractivity contribution in [3.8, 4) is 0 Å². The van der Waals surface area contributed by atoms with Gasteiger partial charge in [-0.05, 0) is 32.6 Å². The summed E-state index contributed by atoms with van der Waals surface area (Å²) in [5, 5.41) is 13.1. The average Bonchev–Trinajstić information content (AvgIpc) is 2.74. The monoisotopic (exact) mass is 223 g/mol. The lowest BCUT2D eigenvalue weighted by Gasteiger charge is -2.26. The Bertz CT molecular complexity index is 324. The van der Waals surface area contributed by atoms with E-state index in [1.165, 1.54) is 6.42 Å². The lowest BCUT2D eigenvalue weighted by molar-refractivity contribution is 0.111. The zero-order valence-electron chi connectivity index (χ0n) is 9.89. The van der Waals surface area contributed by atoms with Crippen LogP contribution in [0.2, 0.25) is 0 Å². The Morgan fingerprint density at radius 1 is 1.56 bits per heavy atom. The van der Waals surface area contributed by atoms with Crippen LogP contribution in [0.5, 0.6) is 0 Å². The molecule has 2 atom stereocenters. The number of hydrogen-bond acceptors (Lipinski definition) is 3. The molecule has 0 radical (unpaired) electrons. The maximum absolute atomic E-state index is 9.58. The topological polar surface area (TPSA) is 50.1 Å². The Balaban J connectivity index is 1.82. The molecule has 2 rings (SSSR count). The van der Waals surface area contributed by atoms with Gasteiger partial charge in [-0.2, -0.15) is 0 Å². The van der Waals surface area contributed by atoms with E-state index < -0.39 is 0 Å². The molecule has 2 N–H and O–H groups in total. The van der Waals surface area contributed by atoms with Crippen LogP contribution in [0.25, 0.3) is 0 Å². The number of nitrogens with one attached hydrogen (secondary N) is 1. The van der Waals surface area contributed by atoms with Gasteiger partial charge in [-0.25, -0.2) is 4.98 Å². The van der Waals surface area contributed by atoms with Crippen molar-refractivity contribution in [3.05, 3.63) is 18.2 Å². The molecule has 1 aromatic rings. The fourth-order valence-corrected chi connectivity index (χ4v) is 2.38. The number of aromatic nitrogens is 2. The molecule has 0 amide bonds. The van der Waals surface area contributed by atoms with Gasteiger partial charge in [-0.1, -0.05) is 0 Å². The number of aliphatic hydroxyl groups excluding tert-OH is 1. The maximum Gasteiger partial charge on any atom is 0.122 e. The Morgan fingerprint density at radius 3 is 3.19 bits per heavy atom. The molecule has 90 valence electrons. The Hall–Kier alpha value is -0.870. The Kier molecular flexibility index (Phi) is 3.96. The van der Waals surface area contributed by atoms with Crippen LogP contribution < -0.4 is 5.32 Å². The zero-order valence-corrected chi connectivity index (χ0v) is 9.89. The van der Waals surface area contributed by atoms with Crippen molar-refractivity contribution in [2.24, 2.45) is 0 Å². The number of aryl methyl sites for hydroxylation is 1. The van der Waals surface area contributed by atoms with E-state index in [0.29, 0.717) is 6.04 Å². The van der Waals surface area contributed by atoms with Gasteiger partial charge >= 0.3 is 0 Å². The molecular formula is C12H21N3O. The first-order valence-electron chi connectivity index (χ1n) is 6.21. The minimum atomic E-state index is -0.114.